The number of rotatable bonds is 4. The Morgan fingerprint density at radius 3 is 2.18 bits per heavy atom. The van der Waals surface area contributed by atoms with Crippen LogP contribution < -0.4 is 4.40 Å². The number of aromatic nitrogens is 2. The fraction of sp³-hybridized carbons (Fsp3) is 0.245. The van der Waals surface area contributed by atoms with Crippen molar-refractivity contribution < 1.29 is 32.7 Å². The molecule has 1 radical (unpaired) electrons. The number of hydrogen-bond acceptors (Lipinski definition) is 3. The summed E-state index contributed by atoms with van der Waals surface area (Å²) in [7, 11) is 0. The van der Waals surface area contributed by atoms with Gasteiger partial charge in [0.2, 0.25) is 0 Å². The molecule has 5 aromatic carbocycles. The molecule has 0 aliphatic rings. The van der Waals surface area contributed by atoms with Crippen LogP contribution in [0.2, 0.25) is 17.3 Å². The van der Waals surface area contributed by atoms with Gasteiger partial charge in [-0.25, -0.2) is 0 Å². The molecule has 55 heavy (non-hydrogen) atoms. The Kier molecular flexibility index (Phi) is 8.99. The van der Waals surface area contributed by atoms with Crippen molar-refractivity contribution in [3.63, 3.8) is 0 Å². The van der Waals surface area contributed by atoms with Gasteiger partial charge < -0.3 is 4.98 Å². The number of fused-ring (bicyclic) bond motifs is 7. The van der Waals surface area contributed by atoms with Gasteiger partial charge in [-0.1, -0.05) is 40.7 Å². The van der Waals surface area contributed by atoms with E-state index in [0.717, 1.165) is 54.2 Å². The minimum atomic E-state index is -2.64. The summed E-state index contributed by atoms with van der Waals surface area (Å²) in [4.78, 5) is 12.7. The first-order valence-electron chi connectivity index (χ1n) is 21.1. The van der Waals surface area contributed by atoms with Crippen LogP contribution in [0.5, 0.6) is 0 Å². The van der Waals surface area contributed by atoms with Crippen molar-refractivity contribution in [2.45, 2.75) is 71.0 Å². The van der Waals surface area contributed by atoms with E-state index in [1.807, 2.05) is 48.7 Å². The Morgan fingerprint density at radius 1 is 0.745 bits per heavy atom. The van der Waals surface area contributed by atoms with Gasteiger partial charge in [-0.05, 0) is 47.4 Å². The zero-order valence-corrected chi connectivity index (χ0v) is 36.9. The van der Waals surface area contributed by atoms with E-state index in [-0.39, 0.29) is 47.8 Å². The summed E-state index contributed by atoms with van der Waals surface area (Å²) in [6.07, 6.45) is 3.02. The summed E-state index contributed by atoms with van der Waals surface area (Å²) in [6, 6.07) is 35.9. The van der Waals surface area contributed by atoms with E-state index in [1.54, 1.807) is 6.07 Å². The number of nitrogens with zero attached hydrogens (tertiary/aromatic N) is 3. The van der Waals surface area contributed by atoms with E-state index in [9.17, 15) is 0 Å². The van der Waals surface area contributed by atoms with E-state index in [2.05, 4.69) is 115 Å². The SMILES string of the molecule is CC(C)(C)C(C)(C)c1ccnc(-c2[c-]cccc2)c1.[2H]C([2H])([2H])c1cnc(-c2[c-]ccc3c2oc2c3ccc3ccc4c[c]([Ge]([CH3])([CH3])[CH3])c([N+]#[C-])cc4c32)cc1C([2H])([2H])[2H].[Ir]. The molecule has 0 saturated heterocycles. The van der Waals surface area contributed by atoms with Crippen molar-refractivity contribution >= 4 is 66.8 Å². The average Bonchev–Trinajstić information content (AvgIpc) is 3.58. The summed E-state index contributed by atoms with van der Waals surface area (Å²) in [5, 5.41) is 5.52. The van der Waals surface area contributed by atoms with Crippen molar-refractivity contribution in [3.05, 3.63) is 144 Å². The maximum absolute atomic E-state index is 7.96. The molecule has 0 N–H and O–H groups in total. The van der Waals surface area contributed by atoms with Crippen molar-refractivity contribution in [2.24, 2.45) is 5.41 Å². The third-order valence-electron chi connectivity index (χ3n) is 10.9. The van der Waals surface area contributed by atoms with Crippen molar-refractivity contribution in [2.75, 3.05) is 0 Å². The molecule has 279 valence electrons. The number of aryl methyl sites for hydroxylation is 2. The van der Waals surface area contributed by atoms with Crippen molar-refractivity contribution in [1.29, 1.82) is 0 Å². The van der Waals surface area contributed by atoms with E-state index in [4.69, 9.17) is 19.2 Å². The van der Waals surface area contributed by atoms with Gasteiger partial charge in [0.1, 0.15) is 0 Å². The molecule has 0 unspecified atom stereocenters. The van der Waals surface area contributed by atoms with Crippen molar-refractivity contribution in [1.82, 2.24) is 9.97 Å². The average molecular weight is 965 g/mol. The molecule has 3 heterocycles. The third kappa shape index (κ3) is 7.53. The summed E-state index contributed by atoms with van der Waals surface area (Å²) >= 11 is -2.31. The van der Waals surface area contributed by atoms with E-state index in [1.165, 1.54) is 11.6 Å². The number of benzene rings is 5. The van der Waals surface area contributed by atoms with Gasteiger partial charge in [0, 0.05) is 34.5 Å². The van der Waals surface area contributed by atoms with Gasteiger partial charge in [-0.15, -0.1) is 35.9 Å². The molecule has 8 rings (SSSR count). The van der Waals surface area contributed by atoms with Gasteiger partial charge in [0.05, 0.1) is 0 Å². The molecule has 0 saturated carbocycles. The second-order valence-electron chi connectivity index (χ2n) is 16.5. The van der Waals surface area contributed by atoms with Gasteiger partial charge in [-0.3, -0.25) is 0 Å². The Labute approximate surface area is 350 Å². The molecule has 4 nitrogen and oxygen atoms in total. The molecule has 3 aromatic heterocycles. The molecule has 0 spiro atoms. The quantitative estimate of drug-likeness (QED) is 0.100. The van der Waals surface area contributed by atoms with Crippen LogP contribution in [0.25, 0.3) is 70.8 Å². The zero-order valence-electron chi connectivity index (χ0n) is 38.4. The monoisotopic (exact) mass is 966 g/mol. The Bertz CT molecular complexity index is 2970. The van der Waals surface area contributed by atoms with E-state index < -0.39 is 27.0 Å². The van der Waals surface area contributed by atoms with Crippen LogP contribution in [0, 0.1) is 37.8 Å². The first kappa shape index (κ1) is 32.6. The maximum atomic E-state index is 7.96. The van der Waals surface area contributed by atoms with Crippen LogP contribution in [0.4, 0.5) is 5.69 Å². The van der Waals surface area contributed by atoms with Crippen LogP contribution in [0.15, 0.2) is 108 Å². The van der Waals surface area contributed by atoms with Crippen LogP contribution >= 0.6 is 0 Å². The minimum Gasteiger partial charge on any atom is -0.0402 e. The molecule has 6 heteroatoms. The van der Waals surface area contributed by atoms with Crippen LogP contribution in [-0.2, 0) is 25.5 Å². The first-order chi connectivity index (χ1) is 28.0. The molecule has 0 aliphatic carbocycles. The molecule has 0 atom stereocenters. The molecule has 0 fully saturated rings. The predicted octanol–water partition coefficient (Wildman–Crippen LogP) is 13.3. The van der Waals surface area contributed by atoms with Crippen LogP contribution in [0.3, 0.4) is 0 Å². The number of hydrogen-bond donors (Lipinski definition) is 0. The van der Waals surface area contributed by atoms with Gasteiger partial charge in [0.15, 0.2) is 0 Å². The molecule has 8 aromatic rings. The fourth-order valence-corrected chi connectivity index (χ4v) is 9.92. The molecule has 0 aliphatic heterocycles. The van der Waals surface area contributed by atoms with E-state index in [0.29, 0.717) is 22.4 Å². The Morgan fingerprint density at radius 2 is 1.49 bits per heavy atom. The van der Waals surface area contributed by atoms with Crippen molar-refractivity contribution in [3.8, 4) is 22.5 Å². The summed E-state index contributed by atoms with van der Waals surface area (Å²) in [5.74, 6) is 6.84. The van der Waals surface area contributed by atoms with Gasteiger partial charge >= 0.3 is 189 Å². The topological polar surface area (TPSA) is 43.3 Å². The number of furan rings is 1. The molecular formula is C49H47GeIrN3O-2. The van der Waals surface area contributed by atoms with Crippen LogP contribution in [-0.4, -0.2) is 23.2 Å². The summed E-state index contributed by atoms with van der Waals surface area (Å²) in [6.45, 7) is 14.0. The van der Waals surface area contributed by atoms with Gasteiger partial charge in [0.25, 0.3) is 0 Å². The standard InChI is InChI=1S/C31H25GeN2O.C18H22N.Ir/c1-18-14-27(34-17-19(18)2)24-9-7-8-22-23-13-12-20-10-11-21-15-26(32(3,4)5)28(33-6)16-25(21)29(20)31(23)35-30(22)24;1-17(2,3)18(4,5)15-11-12-19-16(13-15)14-9-7-6-8-10-14;/h7-8,10-17H,1-5H3;6-9,11-13H,1-5H3;/q2*-1;/i1D3,2D3;;. The van der Waals surface area contributed by atoms with Gasteiger partial charge in [-0.2, -0.15) is 0 Å². The Hall–Kier alpha value is -4.60. The van der Waals surface area contributed by atoms with Crippen LogP contribution in [0.1, 0.15) is 59.5 Å². The second-order valence-corrected chi connectivity index (χ2v) is 27.0. The smallest absolute Gasteiger partial charge is 0.0402 e. The summed E-state index contributed by atoms with van der Waals surface area (Å²) < 4.78 is 55.0. The molecule has 0 amide bonds. The normalized spacial score (nSPS) is 14.1. The Balaban J connectivity index is 0.000000262. The zero-order chi connectivity index (χ0) is 43.6. The molecular weight excluding hydrogens is 911 g/mol. The first-order valence-corrected chi connectivity index (χ1v) is 25.4. The second kappa shape index (κ2) is 15.2. The molecule has 0 bridgehead atoms. The predicted molar refractivity (Wildman–Crippen MR) is 231 cm³/mol. The fourth-order valence-electron chi connectivity index (χ4n) is 6.80. The summed E-state index contributed by atoms with van der Waals surface area (Å²) in [5.41, 5.74) is 5.60. The minimum absolute atomic E-state index is 0. The van der Waals surface area contributed by atoms with E-state index >= 15 is 0 Å². The number of pyridine rings is 2. The third-order valence-corrected chi connectivity index (χ3v) is 15.2.